The van der Waals surface area contributed by atoms with Gasteiger partial charge in [0.1, 0.15) is 6.10 Å². The molecule has 0 aromatic carbocycles. The molecule has 3 rings (SSSR count). The fourth-order valence-electron chi connectivity index (χ4n) is 2.32. The van der Waals surface area contributed by atoms with Gasteiger partial charge in [-0.15, -0.1) is 0 Å². The van der Waals surface area contributed by atoms with Crippen LogP contribution in [0.2, 0.25) is 0 Å². The van der Waals surface area contributed by atoms with E-state index in [1.165, 1.54) is 0 Å². The predicted octanol–water partition coefficient (Wildman–Crippen LogP) is 2.61. The Morgan fingerprint density at radius 2 is 2.45 bits per heavy atom. The number of pyridine rings is 1. The molecular formula is C15H16N2O2S. The Labute approximate surface area is 121 Å². The standard InChI is InChI=1S/C15H16N2O2S/c18-15(13-4-2-7-19-13)17-9-11-3-1-6-16-14(11)12-5-8-20-10-12/h1,3,5-6,8,10,13H,2,4,7,9H2,(H,17,18). The molecule has 0 aliphatic carbocycles. The number of carbonyl (C=O) groups excluding carboxylic acids is 1. The van der Waals surface area contributed by atoms with Crippen molar-refractivity contribution in [3.63, 3.8) is 0 Å². The number of ether oxygens (including phenoxy) is 1. The van der Waals surface area contributed by atoms with E-state index >= 15 is 0 Å². The summed E-state index contributed by atoms with van der Waals surface area (Å²) in [4.78, 5) is 16.4. The van der Waals surface area contributed by atoms with Crippen molar-refractivity contribution in [1.82, 2.24) is 10.3 Å². The summed E-state index contributed by atoms with van der Waals surface area (Å²) in [5.74, 6) is -0.0254. The molecular weight excluding hydrogens is 272 g/mol. The largest absolute Gasteiger partial charge is 0.368 e. The Bertz CT molecular complexity index is 577. The maximum Gasteiger partial charge on any atom is 0.249 e. The SMILES string of the molecule is O=C(NCc1cccnc1-c1ccsc1)C1CCCO1. The Hall–Kier alpha value is -1.72. The van der Waals surface area contributed by atoms with Gasteiger partial charge in [-0.25, -0.2) is 0 Å². The molecule has 0 saturated carbocycles. The second-order valence-electron chi connectivity index (χ2n) is 4.74. The quantitative estimate of drug-likeness (QED) is 0.941. The van der Waals surface area contributed by atoms with Crippen LogP contribution < -0.4 is 5.32 Å². The van der Waals surface area contributed by atoms with Gasteiger partial charge in [0.15, 0.2) is 0 Å². The molecule has 1 fully saturated rings. The minimum Gasteiger partial charge on any atom is -0.368 e. The summed E-state index contributed by atoms with van der Waals surface area (Å²) in [6.07, 6.45) is 3.27. The van der Waals surface area contributed by atoms with E-state index in [-0.39, 0.29) is 12.0 Å². The number of carbonyl (C=O) groups is 1. The Kier molecular flexibility index (Phi) is 4.08. The lowest BCUT2D eigenvalue weighted by Gasteiger charge is -2.12. The highest BCUT2D eigenvalue weighted by Crippen LogP contribution is 2.23. The van der Waals surface area contributed by atoms with Crippen LogP contribution in [0.3, 0.4) is 0 Å². The Morgan fingerprint density at radius 3 is 3.20 bits per heavy atom. The summed E-state index contributed by atoms with van der Waals surface area (Å²) in [5.41, 5.74) is 3.05. The molecule has 0 spiro atoms. The Balaban J connectivity index is 1.70. The van der Waals surface area contributed by atoms with E-state index in [1.54, 1.807) is 17.5 Å². The molecule has 1 unspecified atom stereocenters. The third-order valence-electron chi connectivity index (χ3n) is 3.36. The van der Waals surface area contributed by atoms with Gasteiger partial charge in [-0.3, -0.25) is 9.78 Å². The van der Waals surface area contributed by atoms with Crippen molar-refractivity contribution < 1.29 is 9.53 Å². The van der Waals surface area contributed by atoms with Gasteiger partial charge in [-0.05, 0) is 35.9 Å². The molecule has 2 aromatic rings. The first-order valence-electron chi connectivity index (χ1n) is 6.70. The van der Waals surface area contributed by atoms with Crippen molar-refractivity contribution in [2.75, 3.05) is 6.61 Å². The monoisotopic (exact) mass is 288 g/mol. The van der Waals surface area contributed by atoms with Crippen LogP contribution in [-0.4, -0.2) is 23.6 Å². The van der Waals surface area contributed by atoms with Crippen LogP contribution in [0, 0.1) is 0 Å². The summed E-state index contributed by atoms with van der Waals surface area (Å²) >= 11 is 1.64. The van der Waals surface area contributed by atoms with Crippen molar-refractivity contribution >= 4 is 17.2 Å². The zero-order valence-corrected chi connectivity index (χ0v) is 11.9. The zero-order valence-electron chi connectivity index (χ0n) is 11.0. The van der Waals surface area contributed by atoms with E-state index in [0.29, 0.717) is 13.2 Å². The molecule has 1 atom stereocenters. The first kappa shape index (κ1) is 13.3. The number of nitrogens with zero attached hydrogens (tertiary/aromatic N) is 1. The summed E-state index contributed by atoms with van der Waals surface area (Å²) in [7, 11) is 0. The van der Waals surface area contributed by atoms with Gasteiger partial charge in [0.05, 0.1) is 5.69 Å². The lowest BCUT2D eigenvalue weighted by molar-refractivity contribution is -0.130. The third-order valence-corrected chi connectivity index (χ3v) is 4.04. The van der Waals surface area contributed by atoms with E-state index in [1.807, 2.05) is 23.6 Å². The van der Waals surface area contributed by atoms with Crippen molar-refractivity contribution in [1.29, 1.82) is 0 Å². The van der Waals surface area contributed by atoms with Crippen molar-refractivity contribution in [2.45, 2.75) is 25.5 Å². The molecule has 0 bridgehead atoms. The first-order chi connectivity index (χ1) is 9.84. The first-order valence-corrected chi connectivity index (χ1v) is 7.64. The highest BCUT2D eigenvalue weighted by molar-refractivity contribution is 7.08. The smallest absolute Gasteiger partial charge is 0.249 e. The molecule has 1 aliphatic rings. The number of hydrogen-bond donors (Lipinski definition) is 1. The number of thiophene rings is 1. The van der Waals surface area contributed by atoms with Crippen molar-refractivity contribution in [3.05, 3.63) is 40.7 Å². The normalized spacial score (nSPS) is 18.1. The molecule has 104 valence electrons. The fraction of sp³-hybridized carbons (Fsp3) is 0.333. The van der Waals surface area contributed by atoms with Crippen molar-refractivity contribution in [3.8, 4) is 11.3 Å². The Morgan fingerprint density at radius 1 is 1.50 bits per heavy atom. The number of amides is 1. The minimum absolute atomic E-state index is 0.0254. The van der Waals surface area contributed by atoms with E-state index in [9.17, 15) is 4.79 Å². The fourth-order valence-corrected chi connectivity index (χ4v) is 2.96. The van der Waals surface area contributed by atoms with E-state index < -0.39 is 0 Å². The van der Waals surface area contributed by atoms with Gasteiger partial charge >= 0.3 is 0 Å². The van der Waals surface area contributed by atoms with Crippen LogP contribution in [0.5, 0.6) is 0 Å². The van der Waals surface area contributed by atoms with Gasteiger partial charge in [-0.2, -0.15) is 11.3 Å². The van der Waals surface area contributed by atoms with Gasteiger partial charge < -0.3 is 10.1 Å². The van der Waals surface area contributed by atoms with Crippen LogP contribution in [0.25, 0.3) is 11.3 Å². The summed E-state index contributed by atoms with van der Waals surface area (Å²) in [6, 6.07) is 5.93. The van der Waals surface area contributed by atoms with Gasteiger partial charge in [0, 0.05) is 30.3 Å². The average Bonchev–Trinajstić information content (AvgIpc) is 3.17. The topological polar surface area (TPSA) is 51.2 Å². The third kappa shape index (κ3) is 2.89. The van der Waals surface area contributed by atoms with E-state index in [4.69, 9.17) is 4.74 Å². The maximum atomic E-state index is 12.0. The lowest BCUT2D eigenvalue weighted by atomic mass is 10.1. The molecule has 1 N–H and O–H groups in total. The summed E-state index contributed by atoms with van der Waals surface area (Å²) in [6.45, 7) is 1.17. The molecule has 3 heterocycles. The van der Waals surface area contributed by atoms with Gasteiger partial charge in [-0.1, -0.05) is 6.07 Å². The van der Waals surface area contributed by atoms with Crippen molar-refractivity contribution in [2.24, 2.45) is 0 Å². The van der Waals surface area contributed by atoms with Crippen LogP contribution in [0.4, 0.5) is 0 Å². The van der Waals surface area contributed by atoms with Crippen LogP contribution in [0.15, 0.2) is 35.2 Å². The minimum atomic E-state index is -0.281. The van der Waals surface area contributed by atoms with Crippen LogP contribution in [0.1, 0.15) is 18.4 Å². The second kappa shape index (κ2) is 6.15. The summed E-state index contributed by atoms with van der Waals surface area (Å²) < 4.78 is 5.38. The molecule has 5 heteroatoms. The molecule has 1 saturated heterocycles. The predicted molar refractivity (Wildman–Crippen MR) is 78.4 cm³/mol. The molecule has 1 aliphatic heterocycles. The highest BCUT2D eigenvalue weighted by atomic mass is 32.1. The highest BCUT2D eigenvalue weighted by Gasteiger charge is 2.23. The van der Waals surface area contributed by atoms with Gasteiger partial charge in [0.2, 0.25) is 5.91 Å². The maximum absolute atomic E-state index is 12.0. The number of nitrogens with one attached hydrogen (secondary N) is 1. The molecule has 1 amide bonds. The molecule has 2 aromatic heterocycles. The van der Waals surface area contributed by atoms with E-state index in [2.05, 4.69) is 15.7 Å². The molecule has 4 nitrogen and oxygen atoms in total. The van der Waals surface area contributed by atoms with Crippen LogP contribution in [-0.2, 0) is 16.1 Å². The molecule has 20 heavy (non-hydrogen) atoms. The second-order valence-corrected chi connectivity index (χ2v) is 5.52. The average molecular weight is 288 g/mol. The zero-order chi connectivity index (χ0) is 13.8. The summed E-state index contributed by atoms with van der Waals surface area (Å²) in [5, 5.41) is 7.03. The van der Waals surface area contributed by atoms with E-state index in [0.717, 1.165) is 29.7 Å². The number of rotatable bonds is 4. The lowest BCUT2D eigenvalue weighted by Crippen LogP contribution is -2.33. The van der Waals surface area contributed by atoms with Gasteiger partial charge in [0.25, 0.3) is 0 Å². The van der Waals surface area contributed by atoms with Crippen LogP contribution >= 0.6 is 11.3 Å². The number of hydrogen-bond acceptors (Lipinski definition) is 4. The number of aromatic nitrogens is 1. The molecule has 0 radical (unpaired) electrons.